The number of carbonyl (C=O) groups excluding carboxylic acids is 1. The van der Waals surface area contributed by atoms with Gasteiger partial charge in [0.25, 0.3) is 14.2 Å². The fourth-order valence-corrected chi connectivity index (χ4v) is 5.73. The van der Waals surface area contributed by atoms with E-state index in [4.69, 9.17) is 16.0 Å². The van der Waals surface area contributed by atoms with Crippen LogP contribution in [0.1, 0.15) is 48.6 Å². The molecule has 1 aliphatic rings. The molecule has 0 saturated carbocycles. The van der Waals surface area contributed by atoms with Crippen LogP contribution in [0.4, 0.5) is 5.69 Å². The molecule has 1 atom stereocenters. The number of aryl methyl sites for hydroxylation is 2. The first-order valence-corrected chi connectivity index (χ1v) is 15.2. The highest BCUT2D eigenvalue weighted by atomic mass is 35.5. The smallest absolute Gasteiger partial charge is 0.268 e. The Kier molecular flexibility index (Phi) is 6.41. The van der Waals surface area contributed by atoms with Crippen LogP contribution in [-0.4, -0.2) is 19.3 Å². The van der Waals surface area contributed by atoms with E-state index in [0.29, 0.717) is 21.8 Å². The van der Waals surface area contributed by atoms with Gasteiger partial charge in [0.2, 0.25) is 0 Å². The molecular weight excluding hydrogens is 474 g/mol. The van der Waals surface area contributed by atoms with Crippen LogP contribution in [0.25, 0.3) is 0 Å². The molecule has 4 rings (SSSR count). The lowest BCUT2D eigenvalue weighted by Gasteiger charge is -2.37. The number of para-hydroxylation sites is 1. The van der Waals surface area contributed by atoms with Gasteiger partial charge >= 0.3 is 0 Å². The molecule has 6 heteroatoms. The van der Waals surface area contributed by atoms with E-state index in [1.165, 1.54) is 0 Å². The van der Waals surface area contributed by atoms with Gasteiger partial charge in [0, 0.05) is 10.6 Å². The summed E-state index contributed by atoms with van der Waals surface area (Å²) in [6, 6.07) is 18.7. The molecule has 0 saturated heterocycles. The maximum absolute atomic E-state index is 13.9. The number of benzene rings is 3. The SMILES string of the molecule is Cc1cc(C2(O)C(=O)N(Cc3ccccc3Cl)c3ccccc32)cc(C)c1O[Si](C)(C)C(C)(C)C. The molecule has 1 heterocycles. The molecule has 0 radical (unpaired) electrons. The Hall–Kier alpha value is -2.60. The molecule has 1 amide bonds. The number of nitrogens with zero attached hydrogens (tertiary/aromatic N) is 1. The van der Waals surface area contributed by atoms with Gasteiger partial charge in [-0.1, -0.05) is 68.8 Å². The Morgan fingerprint density at radius 1 is 1.00 bits per heavy atom. The van der Waals surface area contributed by atoms with Gasteiger partial charge in [-0.15, -0.1) is 0 Å². The highest BCUT2D eigenvalue weighted by Gasteiger charge is 2.51. The van der Waals surface area contributed by atoms with E-state index >= 15 is 0 Å². The van der Waals surface area contributed by atoms with Gasteiger partial charge in [-0.05, 0) is 78.5 Å². The second-order valence-electron chi connectivity index (χ2n) is 11.0. The van der Waals surface area contributed by atoms with E-state index in [0.717, 1.165) is 22.4 Å². The van der Waals surface area contributed by atoms with Crippen LogP contribution in [0.5, 0.6) is 5.75 Å². The van der Waals surface area contributed by atoms with E-state index in [-0.39, 0.29) is 17.5 Å². The van der Waals surface area contributed by atoms with E-state index in [9.17, 15) is 9.90 Å². The molecule has 3 aromatic rings. The highest BCUT2D eigenvalue weighted by Crippen LogP contribution is 2.47. The number of hydrogen-bond donors (Lipinski definition) is 1. The molecule has 1 aliphatic heterocycles. The summed E-state index contributed by atoms with van der Waals surface area (Å²) < 4.78 is 6.64. The van der Waals surface area contributed by atoms with Crippen LogP contribution in [0, 0.1) is 13.8 Å². The van der Waals surface area contributed by atoms with Crippen LogP contribution in [0.2, 0.25) is 23.2 Å². The first kappa shape index (κ1) is 25.5. The number of rotatable bonds is 5. The van der Waals surface area contributed by atoms with E-state index < -0.39 is 13.9 Å². The highest BCUT2D eigenvalue weighted by molar-refractivity contribution is 6.74. The number of amides is 1. The van der Waals surface area contributed by atoms with Crippen molar-refractivity contribution in [2.45, 2.75) is 64.9 Å². The largest absolute Gasteiger partial charge is 0.543 e. The Labute approximate surface area is 214 Å². The quantitative estimate of drug-likeness (QED) is 0.374. The van der Waals surface area contributed by atoms with Crippen LogP contribution in [0.3, 0.4) is 0 Å². The summed E-state index contributed by atoms with van der Waals surface area (Å²) in [6.07, 6.45) is 0. The predicted molar refractivity (Wildman–Crippen MR) is 146 cm³/mol. The Bertz CT molecular complexity index is 1270. The summed E-state index contributed by atoms with van der Waals surface area (Å²) in [6.45, 7) is 15.3. The van der Waals surface area contributed by atoms with Gasteiger partial charge in [0.05, 0.1) is 12.2 Å². The maximum Gasteiger partial charge on any atom is 0.268 e. The van der Waals surface area contributed by atoms with Gasteiger partial charge in [0.15, 0.2) is 5.60 Å². The molecule has 1 N–H and O–H groups in total. The van der Waals surface area contributed by atoms with Crippen LogP contribution < -0.4 is 9.33 Å². The summed E-state index contributed by atoms with van der Waals surface area (Å²) in [4.78, 5) is 15.5. The molecule has 4 nitrogen and oxygen atoms in total. The Morgan fingerprint density at radius 2 is 1.57 bits per heavy atom. The van der Waals surface area contributed by atoms with E-state index in [1.54, 1.807) is 4.90 Å². The van der Waals surface area contributed by atoms with E-state index in [2.05, 4.69) is 33.9 Å². The maximum atomic E-state index is 13.9. The fraction of sp³-hybridized carbons (Fsp3) is 0.345. The fourth-order valence-electron chi connectivity index (χ4n) is 4.40. The molecular formula is C29H34ClNO3Si. The number of fused-ring (bicyclic) bond motifs is 1. The van der Waals surface area contributed by atoms with Gasteiger partial charge in [-0.2, -0.15) is 0 Å². The van der Waals surface area contributed by atoms with Crippen molar-refractivity contribution >= 4 is 31.5 Å². The molecule has 184 valence electrons. The van der Waals surface area contributed by atoms with Gasteiger partial charge < -0.3 is 14.4 Å². The second-order valence-corrected chi connectivity index (χ2v) is 16.1. The summed E-state index contributed by atoms with van der Waals surface area (Å²) in [5, 5.41) is 12.7. The third kappa shape index (κ3) is 4.30. The van der Waals surface area contributed by atoms with Crippen LogP contribution in [0.15, 0.2) is 60.7 Å². The van der Waals surface area contributed by atoms with Crippen molar-refractivity contribution in [3.8, 4) is 5.75 Å². The molecule has 0 aliphatic carbocycles. The van der Waals surface area contributed by atoms with Crippen molar-refractivity contribution in [3.05, 3.63) is 93.5 Å². The standard InChI is InChI=1S/C29H34ClNO3Si/c1-19-16-22(17-20(2)26(19)34-35(6,7)28(3,4)5)29(33)23-13-9-11-15-25(23)31(27(29)32)18-21-12-8-10-14-24(21)30/h8-17,33H,18H2,1-7H3. The molecule has 0 bridgehead atoms. The Balaban J connectivity index is 1.78. The summed E-state index contributed by atoms with van der Waals surface area (Å²) in [5.41, 5.74) is 2.68. The topological polar surface area (TPSA) is 49.8 Å². The van der Waals surface area contributed by atoms with Crippen LogP contribution in [-0.2, 0) is 16.9 Å². The molecule has 3 aromatic carbocycles. The van der Waals surface area contributed by atoms with Crippen molar-refractivity contribution in [2.75, 3.05) is 4.90 Å². The number of aliphatic hydroxyl groups is 1. The average Bonchev–Trinajstić information content (AvgIpc) is 3.00. The van der Waals surface area contributed by atoms with Crippen LogP contribution >= 0.6 is 11.6 Å². The number of halogens is 1. The van der Waals surface area contributed by atoms with Crippen molar-refractivity contribution < 1.29 is 14.3 Å². The number of anilines is 1. The molecule has 35 heavy (non-hydrogen) atoms. The first-order chi connectivity index (χ1) is 16.3. The summed E-state index contributed by atoms with van der Waals surface area (Å²) >= 11 is 6.40. The predicted octanol–water partition coefficient (Wildman–Crippen LogP) is 7.12. The first-order valence-electron chi connectivity index (χ1n) is 12.0. The van der Waals surface area contributed by atoms with Gasteiger partial charge in [0.1, 0.15) is 5.75 Å². The van der Waals surface area contributed by atoms with Crippen molar-refractivity contribution in [1.29, 1.82) is 0 Å². The molecule has 0 fully saturated rings. The second kappa shape index (κ2) is 8.81. The third-order valence-corrected chi connectivity index (χ3v) is 12.2. The molecule has 0 aromatic heterocycles. The Morgan fingerprint density at radius 3 is 2.17 bits per heavy atom. The summed E-state index contributed by atoms with van der Waals surface area (Å²) in [7, 11) is -2.06. The van der Waals surface area contributed by atoms with Crippen molar-refractivity contribution in [2.24, 2.45) is 0 Å². The lowest BCUT2D eigenvalue weighted by Crippen LogP contribution is -2.44. The zero-order valence-corrected chi connectivity index (χ0v) is 23.3. The van der Waals surface area contributed by atoms with E-state index in [1.807, 2.05) is 74.5 Å². The monoisotopic (exact) mass is 507 g/mol. The lowest BCUT2D eigenvalue weighted by atomic mass is 9.85. The van der Waals surface area contributed by atoms with Gasteiger partial charge in [-0.25, -0.2) is 0 Å². The zero-order chi connectivity index (χ0) is 25.8. The summed E-state index contributed by atoms with van der Waals surface area (Å²) in [5.74, 6) is 0.464. The lowest BCUT2D eigenvalue weighted by molar-refractivity contribution is -0.132. The molecule has 1 unspecified atom stereocenters. The minimum atomic E-state index is -2.06. The van der Waals surface area contributed by atoms with Gasteiger partial charge in [-0.3, -0.25) is 4.79 Å². The number of carbonyl (C=O) groups is 1. The number of hydrogen-bond acceptors (Lipinski definition) is 3. The van der Waals surface area contributed by atoms with Crippen molar-refractivity contribution in [3.63, 3.8) is 0 Å². The average molecular weight is 508 g/mol. The minimum Gasteiger partial charge on any atom is -0.543 e. The molecule has 0 spiro atoms. The van der Waals surface area contributed by atoms with Crippen molar-refractivity contribution in [1.82, 2.24) is 0 Å². The zero-order valence-electron chi connectivity index (χ0n) is 21.6. The normalized spacial score (nSPS) is 18.1. The third-order valence-electron chi connectivity index (χ3n) is 7.47. The minimum absolute atomic E-state index is 0.0579.